The molecule has 2 aromatic heterocycles. The second-order valence-electron chi connectivity index (χ2n) is 5.14. The lowest BCUT2D eigenvalue weighted by atomic mass is 10.2. The average molecular weight is 323 g/mol. The third kappa shape index (κ3) is 2.83. The summed E-state index contributed by atoms with van der Waals surface area (Å²) in [7, 11) is 0. The van der Waals surface area contributed by atoms with Crippen LogP contribution in [-0.4, -0.2) is 15.4 Å². The summed E-state index contributed by atoms with van der Waals surface area (Å²) in [6.07, 6.45) is 0.682. The molecule has 21 heavy (non-hydrogen) atoms. The number of hydrogen-bond donors (Lipinski definition) is 0. The Kier molecular flexibility index (Phi) is 4.00. The maximum Gasteiger partial charge on any atom is 0.125 e. The van der Waals surface area contributed by atoms with Gasteiger partial charge < -0.3 is 4.57 Å². The number of fused-ring (bicyclic) bond motifs is 1. The van der Waals surface area contributed by atoms with E-state index in [0.717, 1.165) is 17.9 Å². The van der Waals surface area contributed by atoms with E-state index >= 15 is 0 Å². The van der Waals surface area contributed by atoms with Crippen molar-refractivity contribution in [3.05, 3.63) is 51.2 Å². The number of aryl methyl sites for hydroxylation is 3. The molecule has 0 N–H and O–H groups in total. The van der Waals surface area contributed by atoms with Crippen molar-refractivity contribution in [2.75, 3.05) is 5.88 Å². The van der Waals surface area contributed by atoms with Crippen molar-refractivity contribution in [1.82, 2.24) is 9.55 Å². The van der Waals surface area contributed by atoms with Crippen LogP contribution in [0.25, 0.3) is 11.0 Å². The highest BCUT2D eigenvalue weighted by Crippen LogP contribution is 2.25. The van der Waals surface area contributed by atoms with Crippen LogP contribution in [-0.2, 0) is 13.0 Å². The zero-order valence-corrected chi connectivity index (χ0v) is 13.6. The first kappa shape index (κ1) is 14.5. The zero-order valence-electron chi connectivity index (χ0n) is 12.0. The van der Waals surface area contributed by atoms with Crippen LogP contribution < -0.4 is 0 Å². The molecule has 0 bridgehead atoms. The van der Waals surface area contributed by atoms with Crippen LogP contribution in [0.1, 0.15) is 21.1 Å². The van der Waals surface area contributed by atoms with E-state index < -0.39 is 0 Å². The summed E-state index contributed by atoms with van der Waals surface area (Å²) in [5.74, 6) is 1.16. The Labute approximate surface area is 132 Å². The van der Waals surface area contributed by atoms with Crippen molar-refractivity contribution in [3.8, 4) is 0 Å². The first-order valence-corrected chi connectivity index (χ1v) is 8.20. The normalized spacial score (nSPS) is 11.4. The van der Waals surface area contributed by atoms with Gasteiger partial charge in [-0.3, -0.25) is 0 Å². The van der Waals surface area contributed by atoms with E-state index in [4.69, 9.17) is 11.6 Å². The number of hydrogen-bond acceptors (Lipinski definition) is 2. The monoisotopic (exact) mass is 322 g/mol. The van der Waals surface area contributed by atoms with Crippen LogP contribution >= 0.6 is 22.9 Å². The summed E-state index contributed by atoms with van der Waals surface area (Å²) in [5, 5.41) is 0. The lowest BCUT2D eigenvalue weighted by molar-refractivity contribution is 0.629. The molecule has 0 aliphatic rings. The third-order valence-corrected chi connectivity index (χ3v) is 4.96. The number of halogens is 2. The molecule has 5 heteroatoms. The maximum atomic E-state index is 13.4. The molecule has 0 aliphatic carbocycles. The van der Waals surface area contributed by atoms with Gasteiger partial charge in [0.1, 0.15) is 11.6 Å². The Hall–Kier alpha value is -1.39. The van der Waals surface area contributed by atoms with Gasteiger partial charge in [-0.15, -0.1) is 22.9 Å². The van der Waals surface area contributed by atoms with E-state index in [1.807, 2.05) is 0 Å². The van der Waals surface area contributed by atoms with Crippen LogP contribution in [0.5, 0.6) is 0 Å². The van der Waals surface area contributed by atoms with Crippen molar-refractivity contribution in [1.29, 1.82) is 0 Å². The lowest BCUT2D eigenvalue weighted by Crippen LogP contribution is -2.05. The fourth-order valence-electron chi connectivity index (χ4n) is 2.49. The summed E-state index contributed by atoms with van der Waals surface area (Å²) >= 11 is 7.67. The molecule has 0 saturated carbocycles. The van der Waals surface area contributed by atoms with Gasteiger partial charge in [0.25, 0.3) is 0 Å². The van der Waals surface area contributed by atoms with Gasteiger partial charge in [-0.1, -0.05) is 0 Å². The molecule has 2 nitrogen and oxygen atoms in total. The van der Waals surface area contributed by atoms with Crippen LogP contribution in [0, 0.1) is 19.7 Å². The number of rotatable bonds is 4. The van der Waals surface area contributed by atoms with Gasteiger partial charge >= 0.3 is 0 Å². The molecule has 3 rings (SSSR count). The van der Waals surface area contributed by atoms with Crippen LogP contribution in [0.2, 0.25) is 0 Å². The van der Waals surface area contributed by atoms with Crippen LogP contribution in [0.3, 0.4) is 0 Å². The van der Waals surface area contributed by atoms with E-state index in [-0.39, 0.29) is 5.82 Å². The summed E-state index contributed by atoms with van der Waals surface area (Å²) in [6.45, 7) is 5.01. The van der Waals surface area contributed by atoms with E-state index in [2.05, 4.69) is 29.5 Å². The molecular formula is C16H16ClFN2S. The Bertz CT molecular complexity index is 772. The molecule has 0 atom stereocenters. The molecule has 2 heterocycles. The summed E-state index contributed by atoms with van der Waals surface area (Å²) < 4.78 is 15.5. The van der Waals surface area contributed by atoms with Crippen molar-refractivity contribution in [3.63, 3.8) is 0 Å². The van der Waals surface area contributed by atoms with E-state index in [9.17, 15) is 4.39 Å². The average Bonchev–Trinajstić information content (AvgIpc) is 2.92. The highest BCUT2D eigenvalue weighted by atomic mass is 35.5. The van der Waals surface area contributed by atoms with Gasteiger partial charge in [0.2, 0.25) is 0 Å². The fraction of sp³-hybridized carbons (Fsp3) is 0.312. The van der Waals surface area contributed by atoms with Gasteiger partial charge in [0.15, 0.2) is 0 Å². The summed E-state index contributed by atoms with van der Waals surface area (Å²) in [6, 6.07) is 6.97. The third-order valence-electron chi connectivity index (χ3n) is 3.64. The topological polar surface area (TPSA) is 17.8 Å². The molecule has 0 unspecified atom stereocenters. The second kappa shape index (κ2) is 5.78. The SMILES string of the molecule is Cc1cc(Cn2c(CCCl)nc3cc(F)ccc32)sc1C. The van der Waals surface area contributed by atoms with Gasteiger partial charge in [-0.2, -0.15) is 0 Å². The number of alkyl halides is 1. The molecule has 0 fully saturated rings. The molecule has 0 amide bonds. The minimum atomic E-state index is -0.257. The minimum Gasteiger partial charge on any atom is -0.323 e. The molecular weight excluding hydrogens is 307 g/mol. The smallest absolute Gasteiger partial charge is 0.125 e. The first-order chi connectivity index (χ1) is 10.1. The van der Waals surface area contributed by atoms with Crippen molar-refractivity contribution in [2.24, 2.45) is 0 Å². The predicted molar refractivity (Wildman–Crippen MR) is 87.0 cm³/mol. The summed E-state index contributed by atoms with van der Waals surface area (Å²) in [5.41, 5.74) is 2.96. The highest BCUT2D eigenvalue weighted by Gasteiger charge is 2.13. The number of aromatic nitrogens is 2. The minimum absolute atomic E-state index is 0.257. The number of benzene rings is 1. The number of thiophene rings is 1. The number of nitrogens with zero attached hydrogens (tertiary/aromatic N) is 2. The van der Waals surface area contributed by atoms with E-state index in [1.54, 1.807) is 17.4 Å². The summed E-state index contributed by atoms with van der Waals surface area (Å²) in [4.78, 5) is 7.15. The van der Waals surface area contributed by atoms with E-state index in [0.29, 0.717) is 17.8 Å². The second-order valence-corrected chi connectivity index (χ2v) is 6.86. The quantitative estimate of drug-likeness (QED) is 0.637. The van der Waals surface area contributed by atoms with Gasteiger partial charge in [0, 0.05) is 28.1 Å². The van der Waals surface area contributed by atoms with Gasteiger partial charge in [-0.05, 0) is 37.6 Å². The zero-order chi connectivity index (χ0) is 15.0. The molecule has 0 aliphatic heterocycles. The van der Waals surface area contributed by atoms with Crippen LogP contribution in [0.15, 0.2) is 24.3 Å². The van der Waals surface area contributed by atoms with Crippen LogP contribution in [0.4, 0.5) is 4.39 Å². The molecule has 0 saturated heterocycles. The fourth-order valence-corrected chi connectivity index (χ4v) is 3.70. The highest BCUT2D eigenvalue weighted by molar-refractivity contribution is 7.12. The Morgan fingerprint density at radius 3 is 2.76 bits per heavy atom. The van der Waals surface area contributed by atoms with Crippen molar-refractivity contribution in [2.45, 2.75) is 26.8 Å². The standard InChI is InChI=1S/C16H16ClFN2S/c1-10-7-13(21-11(10)2)9-20-15-4-3-12(18)8-14(15)19-16(20)5-6-17/h3-4,7-8H,5-6,9H2,1-2H3. The van der Waals surface area contributed by atoms with E-state index in [1.165, 1.54) is 27.5 Å². The lowest BCUT2D eigenvalue weighted by Gasteiger charge is -2.07. The predicted octanol–water partition coefficient (Wildman–Crippen LogP) is 4.68. The molecule has 0 radical (unpaired) electrons. The van der Waals surface area contributed by atoms with Gasteiger partial charge in [-0.25, -0.2) is 9.37 Å². The van der Waals surface area contributed by atoms with Crippen molar-refractivity contribution >= 4 is 34.0 Å². The first-order valence-electron chi connectivity index (χ1n) is 6.85. The Balaban J connectivity index is 2.08. The molecule has 0 spiro atoms. The van der Waals surface area contributed by atoms with Gasteiger partial charge in [0.05, 0.1) is 17.6 Å². The molecule has 110 valence electrons. The van der Waals surface area contributed by atoms with Crippen molar-refractivity contribution < 1.29 is 4.39 Å². The molecule has 1 aromatic carbocycles. The Morgan fingerprint density at radius 1 is 1.29 bits per heavy atom. The number of imidazole rings is 1. The largest absolute Gasteiger partial charge is 0.323 e. The molecule has 3 aromatic rings. The maximum absolute atomic E-state index is 13.4. The Morgan fingerprint density at radius 2 is 2.10 bits per heavy atom.